The van der Waals surface area contributed by atoms with Gasteiger partial charge >= 0.3 is 0 Å². The van der Waals surface area contributed by atoms with Crippen molar-refractivity contribution in [3.8, 4) is 0 Å². The molecule has 0 unspecified atom stereocenters. The van der Waals surface area contributed by atoms with E-state index in [1.54, 1.807) is 11.1 Å². The maximum absolute atomic E-state index is 2.42. The molecule has 3 aliphatic carbocycles. The van der Waals surface area contributed by atoms with Crippen molar-refractivity contribution in [3.05, 3.63) is 23.3 Å². The molecule has 0 heterocycles. The maximum Gasteiger partial charge on any atom is -0.0260 e. The molecule has 0 saturated heterocycles. The maximum atomic E-state index is 2.42. The van der Waals surface area contributed by atoms with E-state index < -0.39 is 0 Å². The Balaban J connectivity index is -0.000000318. The van der Waals surface area contributed by atoms with Crippen LogP contribution in [0.25, 0.3) is 0 Å². The van der Waals surface area contributed by atoms with E-state index in [-0.39, 0.29) is 22.3 Å². The molecule has 0 aromatic carbocycles. The van der Waals surface area contributed by atoms with Crippen LogP contribution < -0.4 is 0 Å². The molecule has 0 N–H and O–H groups in total. The normalized spacial score (nSPS) is 18.6. The topological polar surface area (TPSA) is 0 Å². The second kappa shape index (κ2) is 18.5. The minimum Gasteiger partial charge on any atom is -0.0851 e. The highest BCUT2D eigenvalue weighted by Gasteiger charge is 2.17. The Morgan fingerprint density at radius 1 is 0.607 bits per heavy atom. The molecule has 0 aromatic heterocycles. The molecule has 0 spiro atoms. The zero-order valence-electron chi connectivity index (χ0n) is 18.2. The third-order valence-electron chi connectivity index (χ3n) is 6.23. The van der Waals surface area contributed by atoms with Crippen molar-refractivity contribution in [2.45, 2.75) is 134 Å². The van der Waals surface area contributed by atoms with Crippen LogP contribution in [0.4, 0.5) is 0 Å². The molecule has 3 aliphatic rings. The highest BCUT2D eigenvalue weighted by molar-refractivity contribution is 5.09. The molecule has 0 radical (unpaired) electrons. The van der Waals surface area contributed by atoms with Crippen LogP contribution in [0.1, 0.15) is 134 Å². The van der Waals surface area contributed by atoms with E-state index in [0.29, 0.717) is 0 Å². The minimum atomic E-state index is 0. The fourth-order valence-corrected chi connectivity index (χ4v) is 4.23. The summed E-state index contributed by atoms with van der Waals surface area (Å²) in [5, 5.41) is 0. The van der Waals surface area contributed by atoms with Gasteiger partial charge in [-0.15, -0.1) is 0 Å². The van der Waals surface area contributed by atoms with E-state index in [1.807, 2.05) is 0 Å². The Morgan fingerprint density at radius 2 is 1.04 bits per heavy atom. The Bertz CT molecular complexity index is 388. The summed E-state index contributed by atoms with van der Waals surface area (Å²) in [6.07, 6.45) is 20.4. The molecule has 1 saturated carbocycles. The zero-order chi connectivity index (χ0) is 18.7. The van der Waals surface area contributed by atoms with Gasteiger partial charge in [-0.1, -0.05) is 113 Å². The monoisotopic (exact) mass is 394 g/mol. The van der Waals surface area contributed by atoms with Gasteiger partial charge < -0.3 is 0 Å². The molecule has 0 aromatic rings. The van der Waals surface area contributed by atoms with Crippen molar-refractivity contribution < 1.29 is 0 Å². The summed E-state index contributed by atoms with van der Waals surface area (Å²) in [5.41, 5.74) is 3.35. The number of hydrogen-bond donors (Lipinski definition) is 0. The first-order valence-corrected chi connectivity index (χ1v) is 11.3. The van der Waals surface area contributed by atoms with Crippen molar-refractivity contribution in [1.29, 1.82) is 0 Å². The third kappa shape index (κ3) is 13.6. The average Bonchev–Trinajstić information content (AvgIpc) is 3.30. The summed E-state index contributed by atoms with van der Waals surface area (Å²) in [7, 11) is 0. The smallest absolute Gasteiger partial charge is 0.0260 e. The van der Waals surface area contributed by atoms with Gasteiger partial charge in [-0.25, -0.2) is 0 Å². The number of allylic oxidation sites excluding steroid dienone is 4. The molecule has 0 amide bonds. The van der Waals surface area contributed by atoms with Crippen molar-refractivity contribution >= 4 is 0 Å². The molecule has 170 valence electrons. The van der Waals surface area contributed by atoms with Crippen LogP contribution in [0.5, 0.6) is 0 Å². The van der Waals surface area contributed by atoms with E-state index in [0.717, 1.165) is 23.7 Å². The van der Waals surface area contributed by atoms with Crippen molar-refractivity contribution in [2.24, 2.45) is 23.7 Å². The van der Waals surface area contributed by atoms with Gasteiger partial charge in [-0.3, -0.25) is 0 Å². The lowest BCUT2D eigenvalue weighted by atomic mass is 9.92. The summed E-state index contributed by atoms with van der Waals surface area (Å²) in [5.74, 6) is 3.61. The Kier molecular flexibility index (Phi) is 21.2. The Morgan fingerprint density at radius 3 is 1.29 bits per heavy atom. The predicted molar refractivity (Wildman–Crippen MR) is 135 cm³/mol. The van der Waals surface area contributed by atoms with Gasteiger partial charge in [0.2, 0.25) is 0 Å². The lowest BCUT2D eigenvalue weighted by Gasteiger charge is -2.15. The lowest BCUT2D eigenvalue weighted by Crippen LogP contribution is -2.01. The largest absolute Gasteiger partial charge is 0.0851 e. The van der Waals surface area contributed by atoms with Gasteiger partial charge in [0.25, 0.3) is 0 Å². The van der Waals surface area contributed by atoms with Crippen LogP contribution in [0.15, 0.2) is 23.3 Å². The van der Waals surface area contributed by atoms with Crippen molar-refractivity contribution in [1.82, 2.24) is 0 Å². The van der Waals surface area contributed by atoms with Crippen LogP contribution in [0.3, 0.4) is 0 Å². The van der Waals surface area contributed by atoms with E-state index in [1.165, 1.54) is 70.6 Å². The minimum absolute atomic E-state index is 0. The molecule has 0 nitrogen and oxygen atoms in total. The van der Waals surface area contributed by atoms with E-state index in [9.17, 15) is 0 Å². The molecule has 0 heteroatoms. The first-order valence-electron chi connectivity index (χ1n) is 11.3. The van der Waals surface area contributed by atoms with Gasteiger partial charge in [0.1, 0.15) is 0 Å². The summed E-state index contributed by atoms with van der Waals surface area (Å²) in [6.45, 7) is 13.8. The molecule has 1 fully saturated rings. The summed E-state index contributed by atoms with van der Waals surface area (Å²) in [4.78, 5) is 0. The van der Waals surface area contributed by atoms with Crippen LogP contribution in [-0.4, -0.2) is 0 Å². The number of rotatable bonds is 3. The average molecular weight is 395 g/mol. The van der Waals surface area contributed by atoms with Crippen LogP contribution >= 0.6 is 0 Å². The first kappa shape index (κ1) is 32.2. The second-order valence-electron chi connectivity index (χ2n) is 9.29. The highest BCUT2D eigenvalue weighted by Crippen LogP contribution is 2.30. The Hall–Kier alpha value is -0.520. The molecule has 0 atom stereocenters. The SMILES string of the molecule is C.C.C.CC(C)C1=CCCC1.CC(C)C1=CCCCC1.CC(C)C1CCCC1. The molecule has 0 bridgehead atoms. The van der Waals surface area contributed by atoms with Gasteiger partial charge in [0, 0.05) is 0 Å². The summed E-state index contributed by atoms with van der Waals surface area (Å²) in [6, 6.07) is 0. The fraction of sp³-hybridized carbons (Fsp3) is 0.857. The van der Waals surface area contributed by atoms with Crippen LogP contribution in [0, 0.1) is 23.7 Å². The van der Waals surface area contributed by atoms with Gasteiger partial charge in [-0.2, -0.15) is 0 Å². The van der Waals surface area contributed by atoms with Gasteiger partial charge in [-0.05, 0) is 68.6 Å². The fourth-order valence-electron chi connectivity index (χ4n) is 4.23. The second-order valence-corrected chi connectivity index (χ2v) is 9.29. The van der Waals surface area contributed by atoms with Crippen molar-refractivity contribution in [3.63, 3.8) is 0 Å². The standard InChI is InChI=1S/C9H16.C8H16.C8H14.3CH4/c1-8(2)9-6-4-3-5-7-9;2*1-7(2)8-5-3-4-6-8;;;/h6,8H,3-5,7H2,1-2H3;7-8H,3-6H2,1-2H3;5,7H,3-4,6H2,1-2H3;3*1H4. The summed E-state index contributed by atoms with van der Waals surface area (Å²) < 4.78 is 0. The first-order chi connectivity index (χ1) is 11.9. The van der Waals surface area contributed by atoms with E-state index in [4.69, 9.17) is 0 Å². The Labute approximate surface area is 181 Å². The van der Waals surface area contributed by atoms with Crippen LogP contribution in [0.2, 0.25) is 0 Å². The molecule has 0 aliphatic heterocycles. The summed E-state index contributed by atoms with van der Waals surface area (Å²) >= 11 is 0. The zero-order valence-corrected chi connectivity index (χ0v) is 18.2. The highest BCUT2D eigenvalue weighted by atomic mass is 14.2. The molecule has 28 heavy (non-hydrogen) atoms. The quantitative estimate of drug-likeness (QED) is 0.417. The lowest BCUT2D eigenvalue weighted by molar-refractivity contribution is 0.396. The molecule has 3 rings (SSSR count). The van der Waals surface area contributed by atoms with Gasteiger partial charge in [0.05, 0.1) is 0 Å². The van der Waals surface area contributed by atoms with Crippen molar-refractivity contribution in [2.75, 3.05) is 0 Å². The molecular formula is C28H58. The number of hydrogen-bond acceptors (Lipinski definition) is 0. The molecular weight excluding hydrogens is 336 g/mol. The third-order valence-corrected chi connectivity index (χ3v) is 6.23. The predicted octanol–water partition coefficient (Wildman–Crippen LogP) is 10.6. The van der Waals surface area contributed by atoms with Crippen LogP contribution in [-0.2, 0) is 0 Å². The van der Waals surface area contributed by atoms with E-state index >= 15 is 0 Å². The van der Waals surface area contributed by atoms with Gasteiger partial charge in [0.15, 0.2) is 0 Å². The van der Waals surface area contributed by atoms with E-state index in [2.05, 4.69) is 53.7 Å².